The maximum atomic E-state index is 12.2. The van der Waals surface area contributed by atoms with Crippen molar-refractivity contribution < 1.29 is 19.1 Å². The fourth-order valence-corrected chi connectivity index (χ4v) is 2.63. The predicted octanol–water partition coefficient (Wildman–Crippen LogP) is 3.39. The lowest BCUT2D eigenvalue weighted by molar-refractivity contribution is 0.0524. The van der Waals surface area contributed by atoms with Crippen molar-refractivity contribution in [3.8, 4) is 5.75 Å². The number of aromatic hydroxyl groups is 1. The van der Waals surface area contributed by atoms with E-state index in [-0.39, 0.29) is 35.6 Å². The second kappa shape index (κ2) is 6.08. The molecule has 0 aromatic carbocycles. The molecule has 1 saturated carbocycles. The Morgan fingerprint density at radius 1 is 1.52 bits per heavy atom. The van der Waals surface area contributed by atoms with Gasteiger partial charge in [0, 0.05) is 29.6 Å². The average Bonchev–Trinajstić information content (AvgIpc) is 3.24. The van der Waals surface area contributed by atoms with Crippen LogP contribution in [0.15, 0.2) is 27.7 Å². The number of aromatic nitrogens is 1. The number of nitrogens with one attached hydrogen (secondary N) is 1. The van der Waals surface area contributed by atoms with Gasteiger partial charge >= 0.3 is 5.97 Å². The third-order valence-corrected chi connectivity index (χ3v) is 4.01. The minimum atomic E-state index is -0.612. The number of anilines is 1. The Hall–Kier alpha value is -3.09. The highest BCUT2D eigenvalue weighted by Gasteiger charge is 2.31. The standard InChI is InChI=1S/C18H17N3O4/c1-2-24-18(23)14-15(22)13(25-17(14)21-11-5-6-11)8-10-9-20-16-12(10)4-3-7-19-16/h3-4,7-9,11,21-22H,2,5-6H2,1H3. The molecule has 128 valence electrons. The second-order valence-corrected chi connectivity index (χ2v) is 5.89. The lowest BCUT2D eigenvalue weighted by Gasteiger charge is -2.03. The van der Waals surface area contributed by atoms with Crippen LogP contribution < -0.4 is 5.32 Å². The summed E-state index contributed by atoms with van der Waals surface area (Å²) in [6, 6.07) is 3.96. The summed E-state index contributed by atoms with van der Waals surface area (Å²) in [7, 11) is 0. The molecule has 7 nitrogen and oxygen atoms in total. The molecule has 0 unspecified atom stereocenters. The molecule has 0 atom stereocenters. The van der Waals surface area contributed by atoms with Crippen LogP contribution in [0.25, 0.3) is 11.6 Å². The third-order valence-electron chi connectivity index (χ3n) is 4.01. The van der Waals surface area contributed by atoms with Gasteiger partial charge in [0.1, 0.15) is 0 Å². The van der Waals surface area contributed by atoms with Crippen molar-refractivity contribution in [2.45, 2.75) is 25.8 Å². The Bertz CT molecular complexity index is 894. The Labute approximate surface area is 144 Å². The van der Waals surface area contributed by atoms with Crippen LogP contribution in [-0.4, -0.2) is 34.9 Å². The molecule has 2 aromatic rings. The number of fused-ring (bicyclic) bond motifs is 1. The van der Waals surface area contributed by atoms with E-state index in [0.717, 1.165) is 24.0 Å². The van der Waals surface area contributed by atoms with Crippen LogP contribution in [-0.2, 0) is 4.74 Å². The van der Waals surface area contributed by atoms with E-state index in [9.17, 15) is 9.90 Å². The number of aliphatic imine (C=N–C) groups is 1. The number of esters is 1. The van der Waals surface area contributed by atoms with Gasteiger partial charge in [0.25, 0.3) is 0 Å². The van der Waals surface area contributed by atoms with Gasteiger partial charge in [0.15, 0.2) is 22.9 Å². The zero-order chi connectivity index (χ0) is 17.4. The van der Waals surface area contributed by atoms with E-state index in [0.29, 0.717) is 5.82 Å². The predicted molar refractivity (Wildman–Crippen MR) is 93.2 cm³/mol. The molecule has 0 bridgehead atoms. The molecule has 1 fully saturated rings. The monoisotopic (exact) mass is 339 g/mol. The van der Waals surface area contributed by atoms with E-state index in [1.807, 2.05) is 12.1 Å². The number of furan rings is 1. The van der Waals surface area contributed by atoms with Crippen LogP contribution >= 0.6 is 0 Å². The number of pyridine rings is 1. The highest BCUT2D eigenvalue weighted by molar-refractivity contribution is 6.21. The Kier molecular flexibility index (Phi) is 3.76. The second-order valence-electron chi connectivity index (χ2n) is 5.89. The molecule has 1 aliphatic carbocycles. The molecule has 3 heterocycles. The largest absolute Gasteiger partial charge is 0.504 e. The molecular formula is C18H17N3O4. The van der Waals surface area contributed by atoms with E-state index in [1.54, 1.807) is 25.4 Å². The number of hydrogen-bond donors (Lipinski definition) is 2. The van der Waals surface area contributed by atoms with Crippen molar-refractivity contribution in [1.82, 2.24) is 4.98 Å². The van der Waals surface area contributed by atoms with Crippen molar-refractivity contribution in [2.24, 2.45) is 4.99 Å². The first-order valence-corrected chi connectivity index (χ1v) is 8.18. The summed E-state index contributed by atoms with van der Waals surface area (Å²) in [5.74, 6) is 0.191. The van der Waals surface area contributed by atoms with E-state index < -0.39 is 5.97 Å². The van der Waals surface area contributed by atoms with Crippen molar-refractivity contribution in [3.63, 3.8) is 0 Å². The highest BCUT2D eigenvalue weighted by atomic mass is 16.5. The van der Waals surface area contributed by atoms with Gasteiger partial charge in [-0.25, -0.2) is 14.8 Å². The number of carbonyl (C=O) groups excluding carboxylic acids is 1. The van der Waals surface area contributed by atoms with E-state index in [4.69, 9.17) is 9.15 Å². The average molecular weight is 339 g/mol. The highest BCUT2D eigenvalue weighted by Crippen LogP contribution is 2.39. The van der Waals surface area contributed by atoms with Crippen molar-refractivity contribution in [2.75, 3.05) is 11.9 Å². The van der Waals surface area contributed by atoms with Crippen molar-refractivity contribution in [3.05, 3.63) is 35.2 Å². The van der Waals surface area contributed by atoms with Gasteiger partial charge in [0.05, 0.1) is 6.61 Å². The van der Waals surface area contributed by atoms with Gasteiger partial charge in [-0.1, -0.05) is 0 Å². The molecular weight excluding hydrogens is 322 g/mol. The molecule has 1 aliphatic heterocycles. The summed E-state index contributed by atoms with van der Waals surface area (Å²) in [5, 5.41) is 13.6. The van der Waals surface area contributed by atoms with E-state index in [1.165, 1.54) is 0 Å². The lowest BCUT2D eigenvalue weighted by Crippen LogP contribution is -2.09. The van der Waals surface area contributed by atoms with Gasteiger partial charge in [-0.3, -0.25) is 0 Å². The normalized spacial score (nSPS) is 16.9. The molecule has 2 aliphatic rings. The smallest absolute Gasteiger partial charge is 0.347 e. The summed E-state index contributed by atoms with van der Waals surface area (Å²) in [5.41, 5.74) is 1.62. The topological polar surface area (TPSA) is 97.0 Å². The van der Waals surface area contributed by atoms with Crippen molar-refractivity contribution in [1.29, 1.82) is 0 Å². The fourth-order valence-electron chi connectivity index (χ4n) is 2.63. The van der Waals surface area contributed by atoms with Crippen LogP contribution in [0.1, 0.15) is 41.4 Å². The zero-order valence-corrected chi connectivity index (χ0v) is 13.7. The molecule has 2 N–H and O–H groups in total. The van der Waals surface area contributed by atoms with Crippen LogP contribution in [0.4, 0.5) is 11.7 Å². The minimum absolute atomic E-state index is 0.0296. The first-order chi connectivity index (χ1) is 12.2. The van der Waals surface area contributed by atoms with E-state index in [2.05, 4.69) is 15.3 Å². The van der Waals surface area contributed by atoms with Gasteiger partial charge in [-0.2, -0.15) is 0 Å². The molecule has 0 spiro atoms. The molecule has 2 aromatic heterocycles. The maximum absolute atomic E-state index is 12.2. The Morgan fingerprint density at radius 3 is 3.12 bits per heavy atom. The lowest BCUT2D eigenvalue weighted by atomic mass is 10.1. The van der Waals surface area contributed by atoms with Gasteiger partial charge < -0.3 is 19.6 Å². The Balaban J connectivity index is 1.74. The first-order valence-electron chi connectivity index (χ1n) is 8.18. The number of rotatable bonds is 5. The van der Waals surface area contributed by atoms with Crippen LogP contribution in [0, 0.1) is 0 Å². The number of carbonyl (C=O) groups is 1. The first kappa shape index (κ1) is 15.4. The van der Waals surface area contributed by atoms with Crippen LogP contribution in [0.3, 0.4) is 0 Å². The molecule has 4 rings (SSSR count). The Morgan fingerprint density at radius 2 is 2.36 bits per heavy atom. The third kappa shape index (κ3) is 2.88. The molecule has 25 heavy (non-hydrogen) atoms. The summed E-state index contributed by atoms with van der Waals surface area (Å²) in [6.45, 7) is 1.93. The molecule has 0 amide bonds. The van der Waals surface area contributed by atoms with Crippen molar-refractivity contribution >= 4 is 35.5 Å². The summed E-state index contributed by atoms with van der Waals surface area (Å²) in [4.78, 5) is 20.6. The summed E-state index contributed by atoms with van der Waals surface area (Å²) >= 11 is 0. The number of nitrogens with zero attached hydrogens (tertiary/aromatic N) is 2. The SMILES string of the molecule is CCOC(=O)c1c(NC2CC2)oc(C=C2C=Nc3ncccc32)c1O. The number of hydrogen-bond acceptors (Lipinski definition) is 7. The van der Waals surface area contributed by atoms with Gasteiger partial charge in [0.2, 0.25) is 5.88 Å². The van der Waals surface area contributed by atoms with Gasteiger partial charge in [-0.05, 0) is 38.0 Å². The molecule has 0 saturated heterocycles. The van der Waals surface area contributed by atoms with Crippen LogP contribution in [0.2, 0.25) is 0 Å². The minimum Gasteiger partial charge on any atom is -0.504 e. The number of ether oxygens (including phenoxy) is 1. The quantitative estimate of drug-likeness (QED) is 0.811. The van der Waals surface area contributed by atoms with Crippen LogP contribution in [0.5, 0.6) is 5.75 Å². The van der Waals surface area contributed by atoms with Gasteiger partial charge in [-0.15, -0.1) is 0 Å². The zero-order valence-electron chi connectivity index (χ0n) is 13.7. The fraction of sp³-hybridized carbons (Fsp3) is 0.278. The van der Waals surface area contributed by atoms with E-state index >= 15 is 0 Å². The summed E-state index contributed by atoms with van der Waals surface area (Å²) in [6.07, 6.45) is 6.97. The maximum Gasteiger partial charge on any atom is 0.347 e. The number of allylic oxidation sites excluding steroid dienone is 1. The molecule has 7 heteroatoms. The molecule has 0 radical (unpaired) electrons. The summed E-state index contributed by atoms with van der Waals surface area (Å²) < 4.78 is 10.8.